The lowest BCUT2D eigenvalue weighted by atomic mass is 9.72. The molecule has 3 atom stereocenters. The van der Waals surface area contributed by atoms with E-state index < -0.39 is 5.79 Å². The molecule has 9 nitrogen and oxygen atoms in total. The molecule has 5 rings (SSSR count). The molecule has 9 heteroatoms. The molecule has 4 heterocycles. The first-order valence-electron chi connectivity index (χ1n) is 9.62. The van der Waals surface area contributed by atoms with Gasteiger partial charge < -0.3 is 25.3 Å². The van der Waals surface area contributed by atoms with Crippen LogP contribution in [0.5, 0.6) is 0 Å². The summed E-state index contributed by atoms with van der Waals surface area (Å²) in [5, 5.41) is 3.57. The second-order valence-corrected chi connectivity index (χ2v) is 8.24. The van der Waals surface area contributed by atoms with Gasteiger partial charge >= 0.3 is 0 Å². The van der Waals surface area contributed by atoms with Crippen molar-refractivity contribution in [2.24, 2.45) is 0 Å². The quantitative estimate of drug-likeness (QED) is 0.826. The van der Waals surface area contributed by atoms with E-state index in [4.69, 9.17) is 19.9 Å². The van der Waals surface area contributed by atoms with E-state index in [9.17, 15) is 0 Å². The van der Waals surface area contributed by atoms with Crippen molar-refractivity contribution in [2.45, 2.75) is 75.9 Å². The number of nitrogen functional groups attached to an aromatic ring is 1. The minimum atomic E-state index is -0.642. The number of rotatable bonds is 4. The minimum Gasteiger partial charge on any atom is -0.382 e. The summed E-state index contributed by atoms with van der Waals surface area (Å²) in [7, 11) is 0. The predicted octanol–water partition coefficient (Wildman–Crippen LogP) is 1.36. The standard InChI is InChI=1S/C18H26N6O3/c1-4-5-20-10-6-18(7-10)13-12(25-17(2,3)26-13)16(27-18)24-9-23-11-14(19)21-8-22-15(11)24/h8-10,12-13,16,20H,4-7H2,1-3H3,(H2,19,21,22)/t10-,12-,13+,16-,18+/m1/s1. The molecule has 0 amide bonds. The van der Waals surface area contributed by atoms with E-state index in [0.29, 0.717) is 23.0 Å². The molecular formula is C18H26N6O3. The van der Waals surface area contributed by atoms with Crippen molar-refractivity contribution in [3.8, 4) is 0 Å². The van der Waals surface area contributed by atoms with Crippen molar-refractivity contribution < 1.29 is 14.2 Å². The SMILES string of the molecule is CCCN[C@H]1C[C@]2(C1)O[C@@H](n1cnc3c(N)ncnc31)[C@@H]1OC(C)(C)O[C@@H]12. The molecule has 27 heavy (non-hydrogen) atoms. The maximum atomic E-state index is 6.58. The molecule has 3 N–H and O–H groups in total. The van der Waals surface area contributed by atoms with Crippen molar-refractivity contribution >= 4 is 17.0 Å². The molecule has 2 saturated heterocycles. The zero-order valence-corrected chi connectivity index (χ0v) is 15.9. The van der Waals surface area contributed by atoms with Crippen molar-refractivity contribution in [3.63, 3.8) is 0 Å². The lowest BCUT2D eigenvalue weighted by Crippen LogP contribution is -2.60. The van der Waals surface area contributed by atoms with Crippen molar-refractivity contribution in [2.75, 3.05) is 12.3 Å². The van der Waals surface area contributed by atoms with Gasteiger partial charge in [-0.2, -0.15) is 0 Å². The molecular weight excluding hydrogens is 348 g/mol. The molecule has 1 saturated carbocycles. The molecule has 0 bridgehead atoms. The van der Waals surface area contributed by atoms with Gasteiger partial charge in [-0.25, -0.2) is 15.0 Å². The average molecular weight is 374 g/mol. The number of hydrogen-bond donors (Lipinski definition) is 2. The van der Waals surface area contributed by atoms with Crippen molar-refractivity contribution in [1.29, 1.82) is 0 Å². The Bertz CT molecular complexity index is 862. The Balaban J connectivity index is 1.47. The summed E-state index contributed by atoms with van der Waals surface area (Å²) < 4.78 is 21.0. The van der Waals surface area contributed by atoms with E-state index in [2.05, 4.69) is 27.2 Å². The highest BCUT2D eigenvalue weighted by Crippen LogP contribution is 2.56. The Hall–Kier alpha value is -1.81. The largest absolute Gasteiger partial charge is 0.382 e. The van der Waals surface area contributed by atoms with E-state index in [1.165, 1.54) is 6.33 Å². The first-order valence-corrected chi connectivity index (χ1v) is 9.62. The number of anilines is 1. The minimum absolute atomic E-state index is 0.117. The molecule has 1 aliphatic carbocycles. The maximum Gasteiger partial charge on any atom is 0.167 e. The lowest BCUT2D eigenvalue weighted by molar-refractivity contribution is -0.239. The molecule has 3 aliphatic rings. The van der Waals surface area contributed by atoms with E-state index >= 15 is 0 Å². The predicted molar refractivity (Wildman–Crippen MR) is 97.7 cm³/mol. The van der Waals surface area contributed by atoms with Crippen LogP contribution in [0.1, 0.15) is 46.3 Å². The van der Waals surface area contributed by atoms with Crippen LogP contribution in [0, 0.1) is 0 Å². The van der Waals surface area contributed by atoms with Gasteiger partial charge in [0.25, 0.3) is 0 Å². The summed E-state index contributed by atoms with van der Waals surface area (Å²) in [6, 6.07) is 0.453. The fourth-order valence-corrected chi connectivity index (χ4v) is 4.65. The molecule has 3 fully saturated rings. The van der Waals surface area contributed by atoms with Crippen LogP contribution >= 0.6 is 0 Å². The third-order valence-corrected chi connectivity index (χ3v) is 5.81. The number of hydrogen-bond acceptors (Lipinski definition) is 8. The van der Waals surface area contributed by atoms with Crippen LogP contribution < -0.4 is 11.1 Å². The Labute approximate surface area is 157 Å². The highest BCUT2D eigenvalue weighted by Gasteiger charge is 2.67. The normalized spacial score (nSPS) is 37.0. The Morgan fingerprint density at radius 1 is 1.22 bits per heavy atom. The number of nitrogens with two attached hydrogens (primary N) is 1. The van der Waals surface area contributed by atoms with Crippen LogP contribution in [0.4, 0.5) is 5.82 Å². The lowest BCUT2D eigenvalue weighted by Gasteiger charge is -2.47. The highest BCUT2D eigenvalue weighted by molar-refractivity contribution is 5.81. The Kier molecular flexibility index (Phi) is 3.74. The average Bonchev–Trinajstić information content (AvgIpc) is 3.22. The summed E-state index contributed by atoms with van der Waals surface area (Å²) in [5.41, 5.74) is 6.82. The van der Waals surface area contributed by atoms with Crippen molar-refractivity contribution in [3.05, 3.63) is 12.7 Å². The van der Waals surface area contributed by atoms with Crippen LogP contribution in [0.3, 0.4) is 0 Å². The second-order valence-electron chi connectivity index (χ2n) is 8.24. The van der Waals surface area contributed by atoms with E-state index in [1.807, 2.05) is 18.4 Å². The first kappa shape index (κ1) is 17.3. The van der Waals surface area contributed by atoms with Gasteiger partial charge in [0.05, 0.1) is 6.33 Å². The zero-order chi connectivity index (χ0) is 18.8. The highest BCUT2D eigenvalue weighted by atomic mass is 16.8. The summed E-state index contributed by atoms with van der Waals surface area (Å²) in [4.78, 5) is 12.8. The summed E-state index contributed by atoms with van der Waals surface area (Å²) in [6.45, 7) is 7.10. The van der Waals surface area contributed by atoms with Gasteiger partial charge in [0, 0.05) is 6.04 Å². The van der Waals surface area contributed by atoms with Gasteiger partial charge in [0.15, 0.2) is 23.5 Å². The Morgan fingerprint density at radius 3 is 2.81 bits per heavy atom. The topological polar surface area (TPSA) is 109 Å². The summed E-state index contributed by atoms with van der Waals surface area (Å²) in [5.74, 6) is -0.282. The van der Waals surface area contributed by atoms with Crippen molar-refractivity contribution in [1.82, 2.24) is 24.8 Å². The van der Waals surface area contributed by atoms with Gasteiger partial charge in [-0.15, -0.1) is 0 Å². The fraction of sp³-hybridized carbons (Fsp3) is 0.722. The summed E-state index contributed by atoms with van der Waals surface area (Å²) >= 11 is 0. The Morgan fingerprint density at radius 2 is 2.04 bits per heavy atom. The zero-order valence-electron chi connectivity index (χ0n) is 15.9. The number of nitrogens with one attached hydrogen (secondary N) is 1. The van der Waals surface area contributed by atoms with Gasteiger partial charge in [-0.05, 0) is 39.7 Å². The van der Waals surface area contributed by atoms with E-state index in [0.717, 1.165) is 25.8 Å². The molecule has 0 aromatic carbocycles. The number of nitrogens with zero attached hydrogens (tertiary/aromatic N) is 4. The van der Waals surface area contributed by atoms with Crippen LogP contribution in [0.15, 0.2) is 12.7 Å². The molecule has 146 valence electrons. The van der Waals surface area contributed by atoms with Crippen LogP contribution in [0.25, 0.3) is 11.2 Å². The smallest absolute Gasteiger partial charge is 0.167 e. The van der Waals surface area contributed by atoms with Crippen LogP contribution in [-0.4, -0.2) is 55.7 Å². The third-order valence-electron chi connectivity index (χ3n) is 5.81. The monoisotopic (exact) mass is 374 g/mol. The molecule has 1 spiro atoms. The van der Waals surface area contributed by atoms with E-state index in [-0.39, 0.29) is 24.0 Å². The molecule has 0 radical (unpaired) electrons. The van der Waals surface area contributed by atoms with Gasteiger partial charge in [-0.3, -0.25) is 4.57 Å². The van der Waals surface area contributed by atoms with E-state index in [1.54, 1.807) is 6.33 Å². The van der Waals surface area contributed by atoms with Gasteiger partial charge in [-0.1, -0.05) is 6.92 Å². The molecule has 2 aromatic rings. The van der Waals surface area contributed by atoms with Gasteiger partial charge in [0.2, 0.25) is 0 Å². The van der Waals surface area contributed by atoms with Gasteiger partial charge in [0.1, 0.15) is 29.7 Å². The summed E-state index contributed by atoms with van der Waals surface area (Å²) in [6.07, 6.45) is 5.39. The number of aromatic nitrogens is 4. The third kappa shape index (κ3) is 2.56. The number of fused-ring (bicyclic) bond motifs is 3. The maximum absolute atomic E-state index is 6.58. The second kappa shape index (κ2) is 5.84. The number of imidazole rings is 1. The molecule has 0 unspecified atom stereocenters. The molecule has 2 aromatic heterocycles. The fourth-order valence-electron chi connectivity index (χ4n) is 4.65. The van der Waals surface area contributed by atoms with Crippen LogP contribution in [0.2, 0.25) is 0 Å². The number of ether oxygens (including phenoxy) is 3. The molecule has 2 aliphatic heterocycles. The van der Waals surface area contributed by atoms with Crippen LogP contribution in [-0.2, 0) is 14.2 Å². The first-order chi connectivity index (χ1) is 12.9.